The van der Waals surface area contributed by atoms with Crippen molar-refractivity contribution in [1.82, 2.24) is 5.32 Å². The Bertz CT molecular complexity index is 564. The first-order valence-corrected chi connectivity index (χ1v) is 7.95. The molecule has 4 atom stereocenters. The van der Waals surface area contributed by atoms with Crippen molar-refractivity contribution >= 4 is 5.91 Å². The molecule has 0 bridgehead atoms. The number of carbonyl (C=O) groups is 1. The van der Waals surface area contributed by atoms with Gasteiger partial charge in [-0.2, -0.15) is 0 Å². The number of aliphatic hydroxyl groups excluding tert-OH is 1. The molecule has 0 saturated heterocycles. The zero-order valence-corrected chi connectivity index (χ0v) is 12.4. The summed E-state index contributed by atoms with van der Waals surface area (Å²) in [4.78, 5) is 12.1. The van der Waals surface area contributed by atoms with Gasteiger partial charge in [-0.15, -0.1) is 0 Å². The Kier molecular flexibility index (Phi) is 4.43. The van der Waals surface area contributed by atoms with Crippen molar-refractivity contribution in [3.63, 3.8) is 0 Å². The van der Waals surface area contributed by atoms with E-state index < -0.39 is 11.6 Å². The molecule has 3 rings (SSSR count). The number of halogens is 2. The molecule has 0 aromatic heterocycles. The normalized spacial score (nSPS) is 30.9. The van der Waals surface area contributed by atoms with Crippen LogP contribution in [0.25, 0.3) is 0 Å². The Labute approximate surface area is 128 Å². The lowest BCUT2D eigenvalue weighted by molar-refractivity contribution is -0.122. The van der Waals surface area contributed by atoms with Gasteiger partial charge < -0.3 is 10.4 Å². The first kappa shape index (κ1) is 15.4. The van der Waals surface area contributed by atoms with Gasteiger partial charge in [0.05, 0.1) is 6.10 Å². The van der Waals surface area contributed by atoms with Crippen LogP contribution in [-0.4, -0.2) is 23.7 Å². The second kappa shape index (κ2) is 6.32. The maximum absolute atomic E-state index is 13.7. The van der Waals surface area contributed by atoms with Crippen LogP contribution in [0.5, 0.6) is 0 Å². The lowest BCUT2D eigenvalue weighted by atomic mass is 9.87. The molecule has 2 aliphatic carbocycles. The van der Waals surface area contributed by atoms with Crippen LogP contribution < -0.4 is 5.32 Å². The summed E-state index contributed by atoms with van der Waals surface area (Å²) >= 11 is 0. The summed E-state index contributed by atoms with van der Waals surface area (Å²) in [6.45, 7) is 0.560. The third-order valence-electron chi connectivity index (χ3n) is 4.80. The van der Waals surface area contributed by atoms with Gasteiger partial charge in [0.25, 0.3) is 0 Å². The summed E-state index contributed by atoms with van der Waals surface area (Å²) in [5.41, 5.74) is 0.299. The molecule has 1 amide bonds. The van der Waals surface area contributed by atoms with E-state index in [9.17, 15) is 18.7 Å². The Morgan fingerprint density at radius 3 is 2.86 bits per heavy atom. The van der Waals surface area contributed by atoms with E-state index in [0.29, 0.717) is 24.4 Å². The zero-order valence-electron chi connectivity index (χ0n) is 12.4. The first-order chi connectivity index (χ1) is 10.5. The third-order valence-corrected chi connectivity index (χ3v) is 4.80. The minimum atomic E-state index is -0.473. The number of hydrogen-bond donors (Lipinski definition) is 2. The van der Waals surface area contributed by atoms with Gasteiger partial charge >= 0.3 is 0 Å². The largest absolute Gasteiger partial charge is 0.393 e. The number of nitrogens with one attached hydrogen (secondary N) is 1. The van der Waals surface area contributed by atoms with Crippen molar-refractivity contribution in [2.75, 3.05) is 6.54 Å². The molecule has 2 saturated carbocycles. The lowest BCUT2D eigenvalue weighted by Gasteiger charge is -2.25. The van der Waals surface area contributed by atoms with Crippen molar-refractivity contribution in [3.05, 3.63) is 35.4 Å². The molecule has 0 heterocycles. The Hall–Kier alpha value is -1.49. The summed E-state index contributed by atoms with van der Waals surface area (Å²) in [5.74, 6) is -1.17. The maximum Gasteiger partial charge on any atom is 0.223 e. The fraction of sp³-hybridized carbons (Fsp3) is 0.588. The molecule has 3 nitrogen and oxygen atoms in total. The molecule has 4 unspecified atom stereocenters. The quantitative estimate of drug-likeness (QED) is 0.898. The summed E-state index contributed by atoms with van der Waals surface area (Å²) in [6.07, 6.45) is 3.89. The predicted octanol–water partition coefficient (Wildman–Crippen LogP) is 2.74. The van der Waals surface area contributed by atoms with Gasteiger partial charge in [0, 0.05) is 12.5 Å². The molecule has 5 heteroatoms. The molecule has 2 fully saturated rings. The molecule has 1 aromatic carbocycles. The molecule has 2 N–H and O–H groups in total. The number of carbonyl (C=O) groups excluding carboxylic acids is 1. The van der Waals surface area contributed by atoms with Crippen LogP contribution in [0.15, 0.2) is 18.2 Å². The highest BCUT2D eigenvalue weighted by Crippen LogP contribution is 2.48. The summed E-state index contributed by atoms with van der Waals surface area (Å²) in [7, 11) is 0. The Balaban J connectivity index is 1.51. The van der Waals surface area contributed by atoms with Crippen LogP contribution >= 0.6 is 0 Å². The van der Waals surface area contributed by atoms with Crippen LogP contribution in [0.4, 0.5) is 8.78 Å². The highest BCUT2D eigenvalue weighted by molar-refractivity contribution is 5.82. The van der Waals surface area contributed by atoms with E-state index in [1.807, 2.05) is 0 Å². The minimum absolute atomic E-state index is 0.0891. The number of rotatable bonds is 4. The third kappa shape index (κ3) is 3.46. The first-order valence-electron chi connectivity index (χ1n) is 7.95. The molecule has 0 spiro atoms. The van der Waals surface area contributed by atoms with Crippen molar-refractivity contribution in [1.29, 1.82) is 0 Å². The SMILES string of the molecule is O=C(NCC1CCCC(O)C1)C1CC1c1cc(F)ccc1F. The molecule has 0 aliphatic heterocycles. The predicted molar refractivity (Wildman–Crippen MR) is 78.2 cm³/mol. The molecular formula is C17H21F2NO2. The van der Waals surface area contributed by atoms with E-state index in [0.717, 1.165) is 37.8 Å². The second-order valence-electron chi connectivity index (χ2n) is 6.55. The lowest BCUT2D eigenvalue weighted by Crippen LogP contribution is -2.34. The Morgan fingerprint density at radius 1 is 1.27 bits per heavy atom. The van der Waals surface area contributed by atoms with Gasteiger partial charge in [0.15, 0.2) is 0 Å². The molecule has 1 aromatic rings. The van der Waals surface area contributed by atoms with Crippen molar-refractivity contribution in [2.45, 2.75) is 44.1 Å². The van der Waals surface area contributed by atoms with Crippen molar-refractivity contribution in [3.8, 4) is 0 Å². The van der Waals surface area contributed by atoms with E-state index in [4.69, 9.17) is 0 Å². The monoisotopic (exact) mass is 309 g/mol. The van der Waals surface area contributed by atoms with Gasteiger partial charge in [0.2, 0.25) is 5.91 Å². The summed E-state index contributed by atoms with van der Waals surface area (Å²) in [5, 5.41) is 12.5. The van der Waals surface area contributed by atoms with Gasteiger partial charge in [-0.1, -0.05) is 6.42 Å². The van der Waals surface area contributed by atoms with E-state index in [2.05, 4.69) is 5.32 Å². The molecule has 0 radical (unpaired) electrons. The standard InChI is InChI=1S/C17H21F2NO2/c18-11-4-5-16(19)14(7-11)13-8-15(13)17(22)20-9-10-2-1-3-12(21)6-10/h4-5,7,10,12-13,15,21H,1-3,6,8-9H2,(H,20,22). The number of hydrogen-bond acceptors (Lipinski definition) is 2. The van der Waals surface area contributed by atoms with Crippen LogP contribution in [0, 0.1) is 23.5 Å². The van der Waals surface area contributed by atoms with E-state index >= 15 is 0 Å². The highest BCUT2D eigenvalue weighted by atomic mass is 19.1. The second-order valence-corrected chi connectivity index (χ2v) is 6.55. The van der Waals surface area contributed by atoms with E-state index in [-0.39, 0.29) is 23.8 Å². The summed E-state index contributed by atoms with van der Waals surface area (Å²) < 4.78 is 26.9. The minimum Gasteiger partial charge on any atom is -0.393 e. The van der Waals surface area contributed by atoms with Gasteiger partial charge in [-0.3, -0.25) is 4.79 Å². The highest BCUT2D eigenvalue weighted by Gasteiger charge is 2.45. The number of benzene rings is 1. The number of aliphatic hydroxyl groups is 1. The van der Waals surface area contributed by atoms with Gasteiger partial charge in [-0.05, 0) is 61.3 Å². The smallest absolute Gasteiger partial charge is 0.223 e. The molecule has 120 valence electrons. The van der Waals surface area contributed by atoms with Crippen LogP contribution in [-0.2, 0) is 4.79 Å². The topological polar surface area (TPSA) is 49.3 Å². The average molecular weight is 309 g/mol. The van der Waals surface area contributed by atoms with Crippen LogP contribution in [0.3, 0.4) is 0 Å². The Morgan fingerprint density at radius 2 is 2.09 bits per heavy atom. The molecule has 2 aliphatic rings. The fourth-order valence-corrected chi connectivity index (χ4v) is 3.45. The van der Waals surface area contributed by atoms with E-state index in [1.165, 1.54) is 6.07 Å². The van der Waals surface area contributed by atoms with Crippen LogP contribution in [0.1, 0.15) is 43.6 Å². The van der Waals surface area contributed by atoms with Crippen LogP contribution in [0.2, 0.25) is 0 Å². The van der Waals surface area contributed by atoms with Gasteiger partial charge in [0.1, 0.15) is 11.6 Å². The van der Waals surface area contributed by atoms with Gasteiger partial charge in [-0.25, -0.2) is 8.78 Å². The fourth-order valence-electron chi connectivity index (χ4n) is 3.45. The average Bonchev–Trinajstić information content (AvgIpc) is 3.28. The van der Waals surface area contributed by atoms with Crippen molar-refractivity contribution in [2.24, 2.45) is 11.8 Å². The number of amides is 1. The maximum atomic E-state index is 13.7. The summed E-state index contributed by atoms with van der Waals surface area (Å²) in [6, 6.07) is 3.39. The van der Waals surface area contributed by atoms with E-state index in [1.54, 1.807) is 0 Å². The molecular weight excluding hydrogens is 288 g/mol. The van der Waals surface area contributed by atoms with Crippen molar-refractivity contribution < 1.29 is 18.7 Å². The zero-order chi connectivity index (χ0) is 15.7. The molecule has 22 heavy (non-hydrogen) atoms.